The number of carboxylic acid groups (broad SMARTS) is 1. The standard InChI is InChI=1S/C13H22N2O3/c1-2-3-10-6-7-14(8-10)13(18)15(9-12(16)17)11-4-5-11/h10-11H,2-9H2,1H3,(H,16,17). The molecule has 2 rings (SSSR count). The lowest BCUT2D eigenvalue weighted by atomic mass is 10.0. The van der Waals surface area contributed by atoms with Gasteiger partial charge in [0, 0.05) is 19.1 Å². The lowest BCUT2D eigenvalue weighted by Crippen LogP contribution is -2.45. The number of likely N-dealkylation sites (tertiary alicyclic amines) is 1. The van der Waals surface area contributed by atoms with Crippen LogP contribution in [0.5, 0.6) is 0 Å². The Bertz CT molecular complexity index is 328. The molecule has 0 radical (unpaired) electrons. The van der Waals surface area contributed by atoms with Gasteiger partial charge in [0.25, 0.3) is 0 Å². The molecule has 2 fully saturated rings. The van der Waals surface area contributed by atoms with E-state index in [1.807, 2.05) is 4.90 Å². The highest BCUT2D eigenvalue weighted by Gasteiger charge is 2.37. The molecule has 5 heteroatoms. The lowest BCUT2D eigenvalue weighted by molar-refractivity contribution is -0.137. The zero-order valence-electron chi connectivity index (χ0n) is 11.0. The molecule has 0 aromatic carbocycles. The van der Waals surface area contributed by atoms with Crippen LogP contribution in [-0.4, -0.2) is 52.6 Å². The molecule has 2 amide bonds. The van der Waals surface area contributed by atoms with Gasteiger partial charge in [0.15, 0.2) is 0 Å². The molecule has 1 saturated heterocycles. The van der Waals surface area contributed by atoms with E-state index in [0.717, 1.165) is 45.2 Å². The first-order valence-corrected chi connectivity index (χ1v) is 6.89. The molecule has 0 aromatic heterocycles. The van der Waals surface area contributed by atoms with E-state index in [2.05, 4.69) is 6.92 Å². The Labute approximate surface area is 108 Å². The summed E-state index contributed by atoms with van der Waals surface area (Å²) >= 11 is 0. The first kappa shape index (κ1) is 13.2. The molecule has 1 aliphatic heterocycles. The van der Waals surface area contributed by atoms with Crippen LogP contribution in [0.15, 0.2) is 0 Å². The summed E-state index contributed by atoms with van der Waals surface area (Å²) in [6.45, 7) is 3.59. The van der Waals surface area contributed by atoms with E-state index in [0.29, 0.717) is 5.92 Å². The van der Waals surface area contributed by atoms with Gasteiger partial charge >= 0.3 is 12.0 Å². The second kappa shape index (κ2) is 5.59. The van der Waals surface area contributed by atoms with Crippen molar-refractivity contribution in [2.45, 2.75) is 45.1 Å². The molecule has 0 spiro atoms. The minimum atomic E-state index is -0.917. The van der Waals surface area contributed by atoms with Gasteiger partial charge < -0.3 is 14.9 Å². The number of amides is 2. The van der Waals surface area contributed by atoms with Crippen LogP contribution >= 0.6 is 0 Å². The second-order valence-electron chi connectivity index (χ2n) is 5.42. The van der Waals surface area contributed by atoms with Gasteiger partial charge in [-0.2, -0.15) is 0 Å². The molecule has 0 aromatic rings. The monoisotopic (exact) mass is 254 g/mol. The topological polar surface area (TPSA) is 60.9 Å². The van der Waals surface area contributed by atoms with Crippen molar-refractivity contribution in [3.05, 3.63) is 0 Å². The van der Waals surface area contributed by atoms with Gasteiger partial charge in [0.1, 0.15) is 6.54 Å². The van der Waals surface area contributed by atoms with Gasteiger partial charge in [-0.15, -0.1) is 0 Å². The van der Waals surface area contributed by atoms with Crippen molar-refractivity contribution in [2.75, 3.05) is 19.6 Å². The molecule has 5 nitrogen and oxygen atoms in total. The van der Waals surface area contributed by atoms with Crippen molar-refractivity contribution in [3.8, 4) is 0 Å². The Balaban J connectivity index is 1.90. The van der Waals surface area contributed by atoms with Crippen molar-refractivity contribution in [1.82, 2.24) is 9.80 Å². The number of nitrogens with zero attached hydrogens (tertiary/aromatic N) is 2. The van der Waals surface area contributed by atoms with E-state index < -0.39 is 5.97 Å². The second-order valence-corrected chi connectivity index (χ2v) is 5.42. The van der Waals surface area contributed by atoms with Gasteiger partial charge in [-0.25, -0.2) is 4.79 Å². The Morgan fingerprint density at radius 2 is 2.06 bits per heavy atom. The largest absolute Gasteiger partial charge is 0.480 e. The molecule has 1 saturated carbocycles. The lowest BCUT2D eigenvalue weighted by Gasteiger charge is -2.26. The fourth-order valence-electron chi connectivity index (χ4n) is 2.72. The summed E-state index contributed by atoms with van der Waals surface area (Å²) in [4.78, 5) is 26.5. The minimum Gasteiger partial charge on any atom is -0.480 e. The number of carbonyl (C=O) groups is 2. The van der Waals surface area contributed by atoms with Gasteiger partial charge in [-0.3, -0.25) is 4.79 Å². The Morgan fingerprint density at radius 1 is 1.33 bits per heavy atom. The third-order valence-corrected chi connectivity index (χ3v) is 3.79. The first-order chi connectivity index (χ1) is 8.61. The summed E-state index contributed by atoms with van der Waals surface area (Å²) in [5.74, 6) is -0.315. The van der Waals surface area contributed by atoms with Crippen LogP contribution in [0.1, 0.15) is 39.0 Å². The number of urea groups is 1. The maximum absolute atomic E-state index is 12.3. The zero-order valence-corrected chi connectivity index (χ0v) is 11.0. The van der Waals surface area contributed by atoms with E-state index in [1.54, 1.807) is 0 Å². The molecular weight excluding hydrogens is 232 g/mol. The summed E-state index contributed by atoms with van der Waals surface area (Å²) in [7, 11) is 0. The number of hydrogen-bond acceptors (Lipinski definition) is 2. The fraction of sp³-hybridized carbons (Fsp3) is 0.846. The van der Waals surface area contributed by atoms with Crippen molar-refractivity contribution >= 4 is 12.0 Å². The van der Waals surface area contributed by atoms with E-state index in [4.69, 9.17) is 5.11 Å². The summed E-state index contributed by atoms with van der Waals surface area (Å²) in [6, 6.07) is 0.0947. The number of rotatable bonds is 5. The smallest absolute Gasteiger partial charge is 0.323 e. The van der Waals surface area contributed by atoms with Crippen LogP contribution in [0, 0.1) is 5.92 Å². The molecule has 1 aliphatic carbocycles. The minimum absolute atomic E-state index is 0.0708. The molecule has 1 N–H and O–H groups in total. The fourth-order valence-corrected chi connectivity index (χ4v) is 2.72. The average molecular weight is 254 g/mol. The zero-order chi connectivity index (χ0) is 13.1. The summed E-state index contributed by atoms with van der Waals surface area (Å²) in [5, 5.41) is 8.88. The van der Waals surface area contributed by atoms with Crippen LogP contribution in [0.2, 0.25) is 0 Å². The summed E-state index contributed by atoms with van der Waals surface area (Å²) in [6.07, 6.45) is 5.27. The Hall–Kier alpha value is -1.26. The SMILES string of the molecule is CCCC1CCN(C(=O)N(CC(=O)O)C2CC2)C1. The van der Waals surface area contributed by atoms with E-state index >= 15 is 0 Å². The predicted molar refractivity (Wildman–Crippen MR) is 67.3 cm³/mol. The first-order valence-electron chi connectivity index (χ1n) is 6.89. The van der Waals surface area contributed by atoms with E-state index in [1.165, 1.54) is 4.90 Å². The van der Waals surface area contributed by atoms with Crippen molar-refractivity contribution < 1.29 is 14.7 Å². The Morgan fingerprint density at radius 3 is 2.61 bits per heavy atom. The van der Waals surface area contributed by atoms with Crippen LogP contribution in [0.4, 0.5) is 4.79 Å². The van der Waals surface area contributed by atoms with Crippen LogP contribution in [0.25, 0.3) is 0 Å². The molecular formula is C13H22N2O3. The molecule has 0 bridgehead atoms. The van der Waals surface area contributed by atoms with Gasteiger partial charge in [0.2, 0.25) is 0 Å². The number of aliphatic carboxylic acids is 1. The van der Waals surface area contributed by atoms with E-state index in [-0.39, 0.29) is 18.6 Å². The highest BCUT2D eigenvalue weighted by molar-refractivity contribution is 5.81. The predicted octanol–water partition coefficient (Wildman–Crippen LogP) is 1.78. The quantitative estimate of drug-likeness (QED) is 0.813. The summed E-state index contributed by atoms with van der Waals surface area (Å²) in [5.41, 5.74) is 0. The average Bonchev–Trinajstić information content (AvgIpc) is 3.06. The molecule has 1 heterocycles. The number of hydrogen-bond donors (Lipinski definition) is 1. The van der Waals surface area contributed by atoms with Crippen molar-refractivity contribution in [3.63, 3.8) is 0 Å². The van der Waals surface area contributed by atoms with Crippen LogP contribution < -0.4 is 0 Å². The van der Waals surface area contributed by atoms with Crippen molar-refractivity contribution in [1.29, 1.82) is 0 Å². The molecule has 102 valence electrons. The van der Waals surface area contributed by atoms with Gasteiger partial charge in [-0.1, -0.05) is 13.3 Å². The molecule has 18 heavy (non-hydrogen) atoms. The van der Waals surface area contributed by atoms with Crippen LogP contribution in [-0.2, 0) is 4.79 Å². The van der Waals surface area contributed by atoms with Gasteiger partial charge in [0.05, 0.1) is 0 Å². The van der Waals surface area contributed by atoms with Crippen LogP contribution in [0.3, 0.4) is 0 Å². The molecule has 2 aliphatic rings. The number of carboxylic acids is 1. The third-order valence-electron chi connectivity index (χ3n) is 3.79. The highest BCUT2D eigenvalue weighted by atomic mass is 16.4. The Kier molecular flexibility index (Phi) is 4.09. The van der Waals surface area contributed by atoms with Gasteiger partial charge in [-0.05, 0) is 31.6 Å². The third kappa shape index (κ3) is 3.15. The molecule has 1 atom stereocenters. The molecule has 1 unspecified atom stereocenters. The number of carbonyl (C=O) groups excluding carboxylic acids is 1. The maximum Gasteiger partial charge on any atom is 0.323 e. The van der Waals surface area contributed by atoms with Crippen molar-refractivity contribution in [2.24, 2.45) is 5.92 Å². The van der Waals surface area contributed by atoms with E-state index in [9.17, 15) is 9.59 Å². The highest BCUT2D eigenvalue weighted by Crippen LogP contribution is 2.29. The maximum atomic E-state index is 12.3. The summed E-state index contributed by atoms with van der Waals surface area (Å²) < 4.78 is 0. The normalized spacial score (nSPS) is 23.2.